The van der Waals surface area contributed by atoms with Crippen molar-refractivity contribution in [3.8, 4) is 0 Å². The van der Waals surface area contributed by atoms with Gasteiger partial charge in [0.15, 0.2) is 0 Å². The van der Waals surface area contributed by atoms with E-state index in [9.17, 15) is 9.59 Å². The minimum atomic E-state index is -0.0919. The van der Waals surface area contributed by atoms with Crippen LogP contribution in [0.2, 0.25) is 0 Å². The zero-order valence-electron chi connectivity index (χ0n) is 15.2. The lowest BCUT2D eigenvalue weighted by molar-refractivity contribution is -0.141. The summed E-state index contributed by atoms with van der Waals surface area (Å²) in [7, 11) is 0. The summed E-state index contributed by atoms with van der Waals surface area (Å²) in [6, 6.07) is 6.17. The van der Waals surface area contributed by atoms with Crippen molar-refractivity contribution in [2.75, 3.05) is 6.54 Å². The molecule has 1 atom stereocenters. The molecule has 0 spiro atoms. The number of hydrogen-bond donors (Lipinski definition) is 1. The molecule has 2 aliphatic rings. The molecule has 5 nitrogen and oxygen atoms in total. The molecule has 1 aromatic rings. The Balaban J connectivity index is 1.56. The summed E-state index contributed by atoms with van der Waals surface area (Å²) in [6.07, 6.45) is 8.28. The number of carbonyl (C=O) groups excluding carboxylic acids is 2. The first-order valence-electron chi connectivity index (χ1n) is 9.63. The number of likely N-dealkylation sites (tertiary alicyclic amines) is 1. The van der Waals surface area contributed by atoms with Gasteiger partial charge in [0.1, 0.15) is 0 Å². The third-order valence-electron chi connectivity index (χ3n) is 5.47. The number of nitrogens with one attached hydrogen (secondary N) is 1. The van der Waals surface area contributed by atoms with Crippen LogP contribution < -0.4 is 5.32 Å². The van der Waals surface area contributed by atoms with Gasteiger partial charge in [-0.3, -0.25) is 14.6 Å². The van der Waals surface area contributed by atoms with Gasteiger partial charge >= 0.3 is 0 Å². The maximum Gasteiger partial charge on any atom is 0.225 e. The number of pyridine rings is 1. The fraction of sp³-hybridized carbons (Fsp3) is 0.650. The Kier molecular flexibility index (Phi) is 6.05. The number of aryl methyl sites for hydroxylation is 1. The molecule has 1 saturated heterocycles. The van der Waals surface area contributed by atoms with Gasteiger partial charge in [0.05, 0.1) is 18.2 Å². The molecular weight excluding hydrogens is 314 g/mol. The summed E-state index contributed by atoms with van der Waals surface area (Å²) in [5.41, 5.74) is 1.83. The highest BCUT2D eigenvalue weighted by molar-refractivity contribution is 5.84. The molecule has 3 rings (SSSR count). The van der Waals surface area contributed by atoms with Crippen LogP contribution in [0.5, 0.6) is 0 Å². The van der Waals surface area contributed by atoms with E-state index < -0.39 is 0 Å². The van der Waals surface area contributed by atoms with E-state index in [0.29, 0.717) is 32.0 Å². The monoisotopic (exact) mass is 343 g/mol. The van der Waals surface area contributed by atoms with E-state index in [0.717, 1.165) is 24.2 Å². The number of amides is 2. The second-order valence-electron chi connectivity index (χ2n) is 7.42. The predicted octanol–water partition coefficient (Wildman–Crippen LogP) is 2.97. The Labute approximate surface area is 150 Å². The lowest BCUT2D eigenvalue weighted by Crippen LogP contribution is -2.49. The highest BCUT2D eigenvalue weighted by Gasteiger charge is 2.34. The molecule has 0 radical (unpaired) electrons. The molecule has 25 heavy (non-hydrogen) atoms. The lowest BCUT2D eigenvalue weighted by atomic mass is 9.93. The van der Waals surface area contributed by atoms with Gasteiger partial charge in [-0.1, -0.05) is 31.7 Å². The number of aromatic nitrogens is 1. The lowest BCUT2D eigenvalue weighted by Gasteiger charge is -2.37. The highest BCUT2D eigenvalue weighted by Crippen LogP contribution is 2.27. The van der Waals surface area contributed by atoms with E-state index in [2.05, 4.69) is 10.3 Å². The summed E-state index contributed by atoms with van der Waals surface area (Å²) in [5.74, 6) is 0.191. The minimum Gasteiger partial charge on any atom is -0.350 e. The fourth-order valence-corrected chi connectivity index (χ4v) is 4.03. The van der Waals surface area contributed by atoms with Crippen LogP contribution in [0.15, 0.2) is 18.2 Å². The third-order valence-corrected chi connectivity index (χ3v) is 5.47. The topological polar surface area (TPSA) is 62.3 Å². The van der Waals surface area contributed by atoms with Crippen LogP contribution in [-0.4, -0.2) is 34.3 Å². The summed E-state index contributed by atoms with van der Waals surface area (Å²) < 4.78 is 0. The van der Waals surface area contributed by atoms with Crippen LogP contribution in [0.25, 0.3) is 0 Å². The average molecular weight is 343 g/mol. The van der Waals surface area contributed by atoms with Crippen molar-refractivity contribution in [3.63, 3.8) is 0 Å². The molecule has 0 aromatic carbocycles. The minimum absolute atomic E-state index is 0.0504. The van der Waals surface area contributed by atoms with Gasteiger partial charge in [-0.2, -0.15) is 0 Å². The molecule has 1 unspecified atom stereocenters. The SMILES string of the molecule is Cc1cccc(CNC(=O)C2CCC(=O)N(C3CCCCCC3)C2)n1. The van der Waals surface area contributed by atoms with Gasteiger partial charge < -0.3 is 10.2 Å². The van der Waals surface area contributed by atoms with Crippen molar-refractivity contribution in [2.45, 2.75) is 70.9 Å². The molecule has 5 heteroatoms. The van der Waals surface area contributed by atoms with Crippen molar-refractivity contribution in [3.05, 3.63) is 29.6 Å². The van der Waals surface area contributed by atoms with E-state index in [1.54, 1.807) is 0 Å². The summed E-state index contributed by atoms with van der Waals surface area (Å²) in [4.78, 5) is 31.4. The van der Waals surface area contributed by atoms with Gasteiger partial charge in [0.2, 0.25) is 11.8 Å². The second kappa shape index (κ2) is 8.45. The summed E-state index contributed by atoms with van der Waals surface area (Å²) in [5, 5.41) is 3.01. The van der Waals surface area contributed by atoms with E-state index in [-0.39, 0.29) is 17.7 Å². The van der Waals surface area contributed by atoms with Crippen molar-refractivity contribution in [1.29, 1.82) is 0 Å². The quantitative estimate of drug-likeness (QED) is 0.855. The smallest absolute Gasteiger partial charge is 0.225 e. The number of hydrogen-bond acceptors (Lipinski definition) is 3. The van der Waals surface area contributed by atoms with E-state index in [4.69, 9.17) is 0 Å². The average Bonchev–Trinajstić information content (AvgIpc) is 2.89. The van der Waals surface area contributed by atoms with Crippen LogP contribution in [0.3, 0.4) is 0 Å². The van der Waals surface area contributed by atoms with E-state index >= 15 is 0 Å². The molecule has 1 aliphatic heterocycles. The van der Waals surface area contributed by atoms with Crippen molar-refractivity contribution < 1.29 is 9.59 Å². The zero-order chi connectivity index (χ0) is 17.6. The van der Waals surface area contributed by atoms with Crippen molar-refractivity contribution in [2.24, 2.45) is 5.92 Å². The predicted molar refractivity (Wildman–Crippen MR) is 96.7 cm³/mol. The van der Waals surface area contributed by atoms with Crippen LogP contribution in [0.1, 0.15) is 62.8 Å². The molecule has 1 saturated carbocycles. The van der Waals surface area contributed by atoms with Crippen LogP contribution in [-0.2, 0) is 16.1 Å². The summed E-state index contributed by atoms with van der Waals surface area (Å²) in [6.45, 7) is 2.98. The van der Waals surface area contributed by atoms with Crippen LogP contribution >= 0.6 is 0 Å². The Morgan fingerprint density at radius 2 is 1.96 bits per heavy atom. The van der Waals surface area contributed by atoms with Gasteiger partial charge in [0, 0.05) is 24.7 Å². The van der Waals surface area contributed by atoms with Crippen molar-refractivity contribution >= 4 is 11.8 Å². The first kappa shape index (κ1) is 17.9. The van der Waals surface area contributed by atoms with Crippen LogP contribution in [0.4, 0.5) is 0 Å². The first-order valence-corrected chi connectivity index (χ1v) is 9.63. The normalized spacial score (nSPS) is 22.5. The van der Waals surface area contributed by atoms with Crippen LogP contribution in [0, 0.1) is 12.8 Å². The molecule has 2 amide bonds. The number of piperidine rings is 1. The van der Waals surface area contributed by atoms with Gasteiger partial charge in [0.25, 0.3) is 0 Å². The first-order chi connectivity index (χ1) is 12.1. The molecule has 2 fully saturated rings. The number of nitrogens with zero attached hydrogens (tertiary/aromatic N) is 2. The molecule has 0 bridgehead atoms. The van der Waals surface area contributed by atoms with Crippen molar-refractivity contribution in [1.82, 2.24) is 15.2 Å². The molecule has 1 N–H and O–H groups in total. The Hall–Kier alpha value is -1.91. The second-order valence-corrected chi connectivity index (χ2v) is 7.42. The van der Waals surface area contributed by atoms with Gasteiger partial charge in [-0.05, 0) is 38.3 Å². The van der Waals surface area contributed by atoms with Gasteiger partial charge in [-0.25, -0.2) is 0 Å². The Bertz CT molecular complexity index is 609. The maximum absolute atomic E-state index is 12.6. The highest BCUT2D eigenvalue weighted by atomic mass is 16.2. The largest absolute Gasteiger partial charge is 0.350 e. The molecule has 2 heterocycles. The zero-order valence-corrected chi connectivity index (χ0v) is 15.2. The van der Waals surface area contributed by atoms with Gasteiger partial charge in [-0.15, -0.1) is 0 Å². The van der Waals surface area contributed by atoms with E-state index in [1.807, 2.05) is 30.0 Å². The molecular formula is C20H29N3O2. The third kappa shape index (κ3) is 4.80. The standard InChI is InChI=1S/C20H29N3O2/c1-15-7-6-8-17(22-15)13-21-20(25)16-11-12-19(24)23(14-16)18-9-4-2-3-5-10-18/h6-8,16,18H,2-5,9-14H2,1H3,(H,21,25). The Morgan fingerprint density at radius 3 is 2.68 bits per heavy atom. The number of carbonyl (C=O) groups is 2. The molecule has 1 aromatic heterocycles. The molecule has 136 valence electrons. The molecule has 1 aliphatic carbocycles. The maximum atomic E-state index is 12.6. The Morgan fingerprint density at radius 1 is 1.20 bits per heavy atom. The summed E-state index contributed by atoms with van der Waals surface area (Å²) >= 11 is 0. The fourth-order valence-electron chi connectivity index (χ4n) is 4.03. The van der Waals surface area contributed by atoms with E-state index in [1.165, 1.54) is 25.7 Å². The number of rotatable bonds is 4.